The fraction of sp³-hybridized carbons (Fsp3) is 0.324. The van der Waals surface area contributed by atoms with Gasteiger partial charge in [-0.25, -0.2) is 9.37 Å². The number of fused-ring (bicyclic) bond motifs is 2. The van der Waals surface area contributed by atoms with E-state index >= 15 is 0 Å². The Kier molecular flexibility index (Phi) is 8.27. The summed E-state index contributed by atoms with van der Waals surface area (Å²) < 4.78 is 32.3. The maximum absolute atomic E-state index is 14.0. The number of thiazole rings is 1. The zero-order chi connectivity index (χ0) is 31.0. The molecule has 0 saturated carbocycles. The van der Waals surface area contributed by atoms with Gasteiger partial charge >= 0.3 is 5.91 Å². The molecule has 0 radical (unpaired) electrons. The first kappa shape index (κ1) is 29.6. The first-order chi connectivity index (χ1) is 21.3. The molecular formula is C34H33FN2O6S. The highest BCUT2D eigenvalue weighted by Crippen LogP contribution is 2.46. The van der Waals surface area contributed by atoms with Crippen LogP contribution < -0.4 is 19.1 Å². The summed E-state index contributed by atoms with van der Waals surface area (Å²) in [4.78, 5) is 33.3. The number of ketones is 1. The van der Waals surface area contributed by atoms with Gasteiger partial charge in [-0.3, -0.25) is 14.5 Å². The molecule has 0 spiro atoms. The molecule has 4 aromatic rings. The molecular weight excluding hydrogens is 583 g/mol. The highest BCUT2D eigenvalue weighted by Gasteiger charge is 2.48. The number of ether oxygens (including phenoxy) is 3. The average Bonchev–Trinajstić information content (AvgIpc) is 3.67. The Bertz CT molecular complexity index is 1780. The minimum absolute atomic E-state index is 0.00320. The van der Waals surface area contributed by atoms with Crippen LogP contribution in [-0.2, 0) is 16.0 Å². The molecule has 10 heteroatoms. The normalized spacial score (nSPS) is 19.0. The molecule has 1 fully saturated rings. The molecule has 0 unspecified atom stereocenters. The monoisotopic (exact) mass is 616 g/mol. The van der Waals surface area contributed by atoms with Crippen molar-refractivity contribution in [1.82, 2.24) is 4.98 Å². The summed E-state index contributed by atoms with van der Waals surface area (Å²) in [6.45, 7) is 6.83. The van der Waals surface area contributed by atoms with Crippen LogP contribution in [-0.4, -0.2) is 41.1 Å². The van der Waals surface area contributed by atoms with Crippen LogP contribution in [0.5, 0.6) is 17.2 Å². The van der Waals surface area contributed by atoms with Crippen molar-refractivity contribution in [3.63, 3.8) is 0 Å². The van der Waals surface area contributed by atoms with Gasteiger partial charge in [-0.15, -0.1) is 0 Å². The Balaban J connectivity index is 1.49. The third kappa shape index (κ3) is 5.50. The molecule has 3 heterocycles. The molecule has 1 saturated heterocycles. The lowest BCUT2D eigenvalue weighted by molar-refractivity contribution is -0.132. The third-order valence-electron chi connectivity index (χ3n) is 7.75. The SMILES string of the molecule is CCCCCOc1ccc([C@H]2C(=C(O)c3ccc4c(c3)C[C@H](C)O4)C(=O)C(=O)N2c2nc3ccc(F)cc3s2)cc1OCC. The molecule has 0 aliphatic carbocycles. The van der Waals surface area contributed by atoms with Crippen LogP contribution in [0.2, 0.25) is 0 Å². The number of anilines is 1. The first-order valence-electron chi connectivity index (χ1n) is 14.9. The van der Waals surface area contributed by atoms with Gasteiger partial charge in [0.15, 0.2) is 16.6 Å². The van der Waals surface area contributed by atoms with Crippen LogP contribution in [0.25, 0.3) is 16.0 Å². The zero-order valence-electron chi connectivity index (χ0n) is 24.8. The Morgan fingerprint density at radius 3 is 2.70 bits per heavy atom. The van der Waals surface area contributed by atoms with Crippen molar-refractivity contribution in [2.45, 2.75) is 58.6 Å². The van der Waals surface area contributed by atoms with Gasteiger partial charge < -0.3 is 19.3 Å². The fourth-order valence-electron chi connectivity index (χ4n) is 5.68. The van der Waals surface area contributed by atoms with E-state index in [0.717, 1.165) is 41.9 Å². The van der Waals surface area contributed by atoms with Crippen LogP contribution >= 0.6 is 11.3 Å². The lowest BCUT2D eigenvalue weighted by Crippen LogP contribution is -2.29. The maximum Gasteiger partial charge on any atom is 0.301 e. The summed E-state index contributed by atoms with van der Waals surface area (Å²) in [6, 6.07) is 13.6. The number of benzene rings is 3. The number of carbonyl (C=O) groups excluding carboxylic acids is 2. The number of unbranched alkanes of at least 4 members (excludes halogenated alkanes) is 2. The summed E-state index contributed by atoms with van der Waals surface area (Å²) in [5.41, 5.74) is 2.25. The predicted molar refractivity (Wildman–Crippen MR) is 167 cm³/mol. The number of aliphatic hydroxyl groups is 1. The molecule has 44 heavy (non-hydrogen) atoms. The number of nitrogens with zero attached hydrogens (tertiary/aromatic N) is 2. The number of rotatable bonds is 10. The van der Waals surface area contributed by atoms with Crippen LogP contribution in [0.1, 0.15) is 62.8 Å². The van der Waals surface area contributed by atoms with Crippen LogP contribution in [0, 0.1) is 5.82 Å². The molecule has 2 atom stereocenters. The fourth-order valence-corrected chi connectivity index (χ4v) is 6.69. The van der Waals surface area contributed by atoms with Gasteiger partial charge in [-0.1, -0.05) is 37.2 Å². The highest BCUT2D eigenvalue weighted by molar-refractivity contribution is 7.22. The van der Waals surface area contributed by atoms with Crippen molar-refractivity contribution in [2.75, 3.05) is 18.1 Å². The number of aliphatic hydroxyl groups excluding tert-OH is 1. The third-order valence-corrected chi connectivity index (χ3v) is 8.77. The highest BCUT2D eigenvalue weighted by atomic mass is 32.1. The molecule has 1 aromatic heterocycles. The lowest BCUT2D eigenvalue weighted by Gasteiger charge is -2.24. The van der Waals surface area contributed by atoms with Gasteiger partial charge in [-0.05, 0) is 79.9 Å². The number of amides is 1. The van der Waals surface area contributed by atoms with E-state index in [4.69, 9.17) is 14.2 Å². The smallest absolute Gasteiger partial charge is 0.301 e. The number of aromatic nitrogens is 1. The summed E-state index contributed by atoms with van der Waals surface area (Å²) in [7, 11) is 0. The van der Waals surface area contributed by atoms with E-state index in [0.29, 0.717) is 52.5 Å². The topological polar surface area (TPSA) is 98.2 Å². The van der Waals surface area contributed by atoms with Crippen LogP contribution in [0.15, 0.2) is 60.2 Å². The lowest BCUT2D eigenvalue weighted by atomic mass is 9.94. The molecule has 1 N–H and O–H groups in total. The second-order valence-electron chi connectivity index (χ2n) is 10.9. The van der Waals surface area contributed by atoms with Crippen LogP contribution in [0.4, 0.5) is 9.52 Å². The van der Waals surface area contributed by atoms with Gasteiger partial charge in [0.1, 0.15) is 23.4 Å². The second kappa shape index (κ2) is 12.3. The van der Waals surface area contributed by atoms with E-state index in [2.05, 4.69) is 11.9 Å². The average molecular weight is 617 g/mol. The molecule has 0 bridgehead atoms. The number of carbonyl (C=O) groups is 2. The van der Waals surface area contributed by atoms with E-state index in [-0.39, 0.29) is 22.6 Å². The number of Topliss-reactive ketones (excluding diaryl/α,β-unsaturated/α-hetero) is 1. The van der Waals surface area contributed by atoms with E-state index in [1.165, 1.54) is 23.1 Å². The van der Waals surface area contributed by atoms with Crippen molar-refractivity contribution in [1.29, 1.82) is 0 Å². The number of halogens is 1. The molecule has 1 amide bonds. The summed E-state index contributed by atoms with van der Waals surface area (Å²) in [5, 5.41) is 11.9. The Morgan fingerprint density at radius 1 is 1.07 bits per heavy atom. The largest absolute Gasteiger partial charge is 0.507 e. The van der Waals surface area contributed by atoms with Gasteiger partial charge in [0.2, 0.25) is 0 Å². The quantitative estimate of drug-likeness (QED) is 0.0861. The molecule has 8 nitrogen and oxygen atoms in total. The van der Waals surface area contributed by atoms with Crippen molar-refractivity contribution in [2.24, 2.45) is 0 Å². The van der Waals surface area contributed by atoms with Crippen molar-refractivity contribution in [3.05, 3.63) is 82.7 Å². The first-order valence-corrected chi connectivity index (χ1v) is 15.7. The summed E-state index contributed by atoms with van der Waals surface area (Å²) >= 11 is 1.10. The van der Waals surface area contributed by atoms with E-state index in [9.17, 15) is 19.1 Å². The standard InChI is InChI=1S/C34H33FN2O6S/c1-4-6-7-14-42-26-13-8-20(17-27(26)41-5-2)30-29(31(38)21-9-12-25-22(16-21)15-19(3)43-25)32(39)33(40)37(30)34-36-24-11-10-23(35)18-28(24)44-34/h8-13,16-19,30,38H,4-7,14-15H2,1-3H3/t19-,30-/m0/s1. The van der Waals surface area contributed by atoms with Crippen molar-refractivity contribution < 1.29 is 33.3 Å². The molecule has 228 valence electrons. The zero-order valence-corrected chi connectivity index (χ0v) is 25.6. The van der Waals surface area contributed by atoms with Gasteiger partial charge in [0.25, 0.3) is 5.78 Å². The second-order valence-corrected chi connectivity index (χ2v) is 11.9. The minimum atomic E-state index is -1.03. The Labute approximate surface area is 258 Å². The number of hydrogen-bond acceptors (Lipinski definition) is 8. The molecule has 6 rings (SSSR count). The summed E-state index contributed by atoms with van der Waals surface area (Å²) in [5.74, 6) is -0.689. The maximum atomic E-state index is 14.0. The van der Waals surface area contributed by atoms with Gasteiger partial charge in [0, 0.05) is 12.0 Å². The molecule has 3 aromatic carbocycles. The Morgan fingerprint density at radius 2 is 1.91 bits per heavy atom. The molecule has 2 aliphatic rings. The summed E-state index contributed by atoms with van der Waals surface area (Å²) in [6.07, 6.45) is 3.65. The van der Waals surface area contributed by atoms with Crippen LogP contribution in [0.3, 0.4) is 0 Å². The van der Waals surface area contributed by atoms with Gasteiger partial charge in [-0.2, -0.15) is 0 Å². The predicted octanol–water partition coefficient (Wildman–Crippen LogP) is 7.35. The van der Waals surface area contributed by atoms with E-state index in [1.807, 2.05) is 13.8 Å². The molecule has 2 aliphatic heterocycles. The minimum Gasteiger partial charge on any atom is -0.507 e. The van der Waals surface area contributed by atoms with Gasteiger partial charge in [0.05, 0.1) is 35.0 Å². The van der Waals surface area contributed by atoms with Crippen molar-refractivity contribution >= 4 is 44.1 Å². The van der Waals surface area contributed by atoms with E-state index in [1.54, 1.807) is 36.4 Å². The Hall–Kier alpha value is -4.44. The van der Waals surface area contributed by atoms with Crippen molar-refractivity contribution in [3.8, 4) is 17.2 Å². The number of hydrogen-bond donors (Lipinski definition) is 1. The van der Waals surface area contributed by atoms with E-state index < -0.39 is 23.5 Å².